The first-order valence-corrected chi connectivity index (χ1v) is 8.00. The van der Waals surface area contributed by atoms with Gasteiger partial charge in [0.2, 0.25) is 15.9 Å². The normalized spacial score (nSPS) is 10.8. The first-order chi connectivity index (χ1) is 10.7. The Morgan fingerprint density at radius 3 is 2.30 bits per heavy atom. The summed E-state index contributed by atoms with van der Waals surface area (Å²) < 4.78 is 30.7. The topological polar surface area (TPSA) is 145 Å². The highest BCUT2D eigenvalue weighted by Gasteiger charge is 2.14. The molecule has 0 aliphatic rings. The first-order valence-electron chi connectivity index (χ1n) is 6.52. The molecule has 0 atom stereocenters. The second kappa shape index (κ2) is 8.25. The molecule has 0 saturated carbocycles. The fourth-order valence-electron chi connectivity index (χ4n) is 1.52. The average Bonchev–Trinajstić information content (AvgIpc) is 2.45. The second-order valence-corrected chi connectivity index (χ2v) is 6.25. The van der Waals surface area contributed by atoms with E-state index in [1.165, 1.54) is 31.2 Å². The van der Waals surface area contributed by atoms with Crippen LogP contribution in [0.25, 0.3) is 0 Å². The standard InChI is InChI=1S/C13H17N3O6S/c1-9(17)16-10-2-4-11(5-3-10)23(20,21)15-7-6-13(19)22-8-12(14)18/h2-5,15H,6-8H2,1H3,(H2,14,18)(H,16,17). The number of amides is 2. The minimum absolute atomic E-state index is 0.0166. The van der Waals surface area contributed by atoms with Crippen molar-refractivity contribution in [3.8, 4) is 0 Å². The Bertz CT molecular complexity index is 684. The van der Waals surface area contributed by atoms with Crippen LogP contribution in [0.1, 0.15) is 13.3 Å². The number of esters is 1. The Hall–Kier alpha value is -2.46. The van der Waals surface area contributed by atoms with E-state index in [9.17, 15) is 22.8 Å². The van der Waals surface area contributed by atoms with E-state index in [1.54, 1.807) is 0 Å². The predicted molar refractivity (Wildman–Crippen MR) is 80.7 cm³/mol. The fraction of sp³-hybridized carbons (Fsp3) is 0.308. The summed E-state index contributed by atoms with van der Waals surface area (Å²) in [6, 6.07) is 5.52. The van der Waals surface area contributed by atoms with Gasteiger partial charge in [-0.2, -0.15) is 0 Å². The van der Waals surface area contributed by atoms with Gasteiger partial charge in [0.05, 0.1) is 11.3 Å². The van der Waals surface area contributed by atoms with Crippen LogP contribution in [0.15, 0.2) is 29.2 Å². The summed E-state index contributed by atoms with van der Waals surface area (Å²) in [7, 11) is -3.79. The van der Waals surface area contributed by atoms with Gasteiger partial charge >= 0.3 is 5.97 Å². The van der Waals surface area contributed by atoms with E-state index in [0.717, 1.165) is 0 Å². The van der Waals surface area contributed by atoms with Crippen molar-refractivity contribution in [1.29, 1.82) is 0 Å². The summed E-state index contributed by atoms with van der Waals surface area (Å²) in [5, 5.41) is 2.51. The molecule has 0 spiro atoms. The van der Waals surface area contributed by atoms with Crippen LogP contribution in [0.4, 0.5) is 5.69 Å². The molecule has 0 aliphatic carbocycles. The Labute approximate surface area is 133 Å². The van der Waals surface area contributed by atoms with E-state index in [-0.39, 0.29) is 23.8 Å². The third-order valence-corrected chi connectivity index (χ3v) is 3.96. The van der Waals surface area contributed by atoms with Crippen molar-refractivity contribution in [3.63, 3.8) is 0 Å². The molecule has 0 aromatic heterocycles. The third kappa shape index (κ3) is 6.89. The van der Waals surface area contributed by atoms with Crippen molar-refractivity contribution in [1.82, 2.24) is 4.72 Å². The molecular formula is C13H17N3O6S. The highest BCUT2D eigenvalue weighted by Crippen LogP contribution is 2.13. The number of anilines is 1. The lowest BCUT2D eigenvalue weighted by Gasteiger charge is -2.08. The number of benzene rings is 1. The van der Waals surface area contributed by atoms with Gasteiger partial charge in [-0.3, -0.25) is 14.4 Å². The molecule has 1 aromatic rings. The maximum atomic E-state index is 12.0. The van der Waals surface area contributed by atoms with Gasteiger partial charge in [-0.25, -0.2) is 13.1 Å². The molecule has 0 saturated heterocycles. The number of rotatable bonds is 8. The Morgan fingerprint density at radius 1 is 1.17 bits per heavy atom. The van der Waals surface area contributed by atoms with Crippen LogP contribution < -0.4 is 15.8 Å². The Kier molecular flexibility index (Phi) is 6.66. The van der Waals surface area contributed by atoms with E-state index in [1.807, 2.05) is 0 Å². The predicted octanol–water partition coefficient (Wildman–Crippen LogP) is -0.658. The molecule has 0 radical (unpaired) electrons. The molecule has 0 bridgehead atoms. The minimum Gasteiger partial charge on any atom is -0.456 e. The number of hydrogen-bond donors (Lipinski definition) is 3. The number of carbonyl (C=O) groups is 3. The van der Waals surface area contributed by atoms with E-state index in [4.69, 9.17) is 5.73 Å². The van der Waals surface area contributed by atoms with Crippen LogP contribution in [0.3, 0.4) is 0 Å². The summed E-state index contributed by atoms with van der Waals surface area (Å²) in [6.07, 6.45) is -0.240. The molecule has 4 N–H and O–H groups in total. The fourth-order valence-corrected chi connectivity index (χ4v) is 2.55. The van der Waals surface area contributed by atoms with Crippen LogP contribution >= 0.6 is 0 Å². The summed E-state index contributed by atoms with van der Waals surface area (Å²) in [5.41, 5.74) is 5.27. The third-order valence-electron chi connectivity index (χ3n) is 2.48. The van der Waals surface area contributed by atoms with Crippen molar-refractivity contribution >= 4 is 33.5 Å². The smallest absolute Gasteiger partial charge is 0.307 e. The van der Waals surface area contributed by atoms with Crippen LogP contribution in [0, 0.1) is 0 Å². The number of hydrogen-bond acceptors (Lipinski definition) is 6. The summed E-state index contributed by atoms with van der Waals surface area (Å²) in [5.74, 6) is -1.81. The van der Waals surface area contributed by atoms with Crippen LogP contribution in [-0.2, 0) is 29.1 Å². The molecule has 10 heteroatoms. The van der Waals surface area contributed by atoms with Gasteiger partial charge in [-0.05, 0) is 24.3 Å². The van der Waals surface area contributed by atoms with Crippen molar-refractivity contribution in [2.24, 2.45) is 5.73 Å². The number of carbonyl (C=O) groups excluding carboxylic acids is 3. The molecule has 23 heavy (non-hydrogen) atoms. The lowest BCUT2D eigenvalue weighted by Crippen LogP contribution is -2.28. The summed E-state index contributed by atoms with van der Waals surface area (Å²) in [4.78, 5) is 32.5. The van der Waals surface area contributed by atoms with Gasteiger partial charge in [-0.1, -0.05) is 0 Å². The average molecular weight is 343 g/mol. The molecule has 1 aromatic carbocycles. The second-order valence-electron chi connectivity index (χ2n) is 4.48. The van der Waals surface area contributed by atoms with Gasteiger partial charge in [0, 0.05) is 19.2 Å². The largest absolute Gasteiger partial charge is 0.456 e. The zero-order valence-electron chi connectivity index (χ0n) is 12.4. The molecule has 9 nitrogen and oxygen atoms in total. The molecule has 126 valence electrons. The van der Waals surface area contributed by atoms with E-state index in [2.05, 4.69) is 14.8 Å². The number of nitrogens with one attached hydrogen (secondary N) is 2. The SMILES string of the molecule is CC(=O)Nc1ccc(S(=O)(=O)NCCC(=O)OCC(N)=O)cc1. The maximum absolute atomic E-state index is 12.0. The number of sulfonamides is 1. The van der Waals surface area contributed by atoms with Crippen LogP contribution in [-0.4, -0.2) is 39.4 Å². The molecular weight excluding hydrogens is 326 g/mol. The molecule has 1 rings (SSSR count). The van der Waals surface area contributed by atoms with E-state index in [0.29, 0.717) is 5.69 Å². The molecule has 2 amide bonds. The summed E-state index contributed by atoms with van der Waals surface area (Å²) in [6.45, 7) is 0.604. The highest BCUT2D eigenvalue weighted by molar-refractivity contribution is 7.89. The maximum Gasteiger partial charge on any atom is 0.307 e. The van der Waals surface area contributed by atoms with Crippen molar-refractivity contribution in [2.75, 3.05) is 18.5 Å². The van der Waals surface area contributed by atoms with Crippen LogP contribution in [0.2, 0.25) is 0 Å². The monoisotopic (exact) mass is 343 g/mol. The van der Waals surface area contributed by atoms with Gasteiger partial charge < -0.3 is 15.8 Å². The van der Waals surface area contributed by atoms with Gasteiger partial charge in [0.1, 0.15) is 0 Å². The highest BCUT2D eigenvalue weighted by atomic mass is 32.2. The zero-order chi connectivity index (χ0) is 17.5. The van der Waals surface area contributed by atoms with Crippen molar-refractivity contribution in [2.45, 2.75) is 18.2 Å². The number of ether oxygens (including phenoxy) is 1. The van der Waals surface area contributed by atoms with Crippen molar-refractivity contribution in [3.05, 3.63) is 24.3 Å². The number of nitrogens with two attached hydrogens (primary N) is 1. The van der Waals surface area contributed by atoms with Crippen LogP contribution in [0.5, 0.6) is 0 Å². The zero-order valence-corrected chi connectivity index (χ0v) is 13.2. The van der Waals surface area contributed by atoms with E-state index < -0.39 is 28.5 Å². The molecule has 0 unspecified atom stereocenters. The van der Waals surface area contributed by atoms with Gasteiger partial charge in [-0.15, -0.1) is 0 Å². The molecule has 0 aliphatic heterocycles. The lowest BCUT2D eigenvalue weighted by atomic mass is 10.3. The van der Waals surface area contributed by atoms with Gasteiger partial charge in [0.15, 0.2) is 6.61 Å². The number of primary amides is 1. The Balaban J connectivity index is 2.54. The van der Waals surface area contributed by atoms with Crippen molar-refractivity contribution < 1.29 is 27.5 Å². The molecule has 0 heterocycles. The first kappa shape index (κ1) is 18.6. The quantitative estimate of drug-likeness (QED) is 0.534. The Morgan fingerprint density at radius 2 is 1.78 bits per heavy atom. The van der Waals surface area contributed by atoms with E-state index >= 15 is 0 Å². The minimum atomic E-state index is -3.79. The summed E-state index contributed by atoms with van der Waals surface area (Å²) >= 11 is 0. The van der Waals surface area contributed by atoms with Gasteiger partial charge in [0.25, 0.3) is 5.91 Å². The lowest BCUT2D eigenvalue weighted by molar-refractivity contribution is -0.147. The molecule has 0 fully saturated rings.